The highest BCUT2D eigenvalue weighted by molar-refractivity contribution is 7.89. The molecule has 7 nitrogen and oxygen atoms in total. The Labute approximate surface area is 222 Å². The molecule has 188 valence electrons. The van der Waals surface area contributed by atoms with E-state index in [1.165, 1.54) is 17.4 Å². The van der Waals surface area contributed by atoms with Gasteiger partial charge in [-0.15, -0.1) is 11.3 Å². The number of rotatable bonds is 7. The third-order valence-electron chi connectivity index (χ3n) is 6.09. The van der Waals surface area contributed by atoms with Crippen LogP contribution in [0.5, 0.6) is 0 Å². The zero-order chi connectivity index (χ0) is 26.3. The normalized spacial score (nSPS) is 12.9. The number of fused-ring (bicyclic) bond motifs is 3. The second kappa shape index (κ2) is 9.83. The van der Waals surface area contributed by atoms with Crippen LogP contribution in [0.4, 0.5) is 0 Å². The van der Waals surface area contributed by atoms with Crippen molar-refractivity contribution in [3.05, 3.63) is 78.2 Å². The fourth-order valence-electron chi connectivity index (χ4n) is 4.18. The van der Waals surface area contributed by atoms with Gasteiger partial charge in [0.15, 0.2) is 0 Å². The fourth-order valence-corrected chi connectivity index (χ4v) is 6.86. The van der Waals surface area contributed by atoms with Crippen molar-refractivity contribution in [2.45, 2.75) is 24.8 Å². The maximum atomic E-state index is 13.0. The summed E-state index contributed by atoms with van der Waals surface area (Å²) in [5.41, 5.74) is 3.52. The molecule has 0 unspecified atom stereocenters. The number of carboxylic acids is 1. The molecule has 0 radical (unpaired) electrons. The molecule has 0 saturated heterocycles. The largest absolute Gasteiger partial charge is 0.480 e. The van der Waals surface area contributed by atoms with Crippen LogP contribution in [0.25, 0.3) is 42.6 Å². The number of benzene rings is 2. The maximum Gasteiger partial charge on any atom is 0.322 e. The highest BCUT2D eigenvalue weighted by atomic mass is 35.5. The van der Waals surface area contributed by atoms with Crippen molar-refractivity contribution in [1.29, 1.82) is 0 Å². The molecule has 0 aliphatic rings. The van der Waals surface area contributed by atoms with Gasteiger partial charge in [0.05, 0.1) is 10.6 Å². The molecule has 0 amide bonds. The maximum absolute atomic E-state index is 13.0. The van der Waals surface area contributed by atoms with Gasteiger partial charge < -0.3 is 5.11 Å². The molecule has 2 aromatic carbocycles. The minimum Gasteiger partial charge on any atom is -0.480 e. The van der Waals surface area contributed by atoms with E-state index >= 15 is 0 Å². The number of hydrogen-bond acceptors (Lipinski definition) is 6. The van der Waals surface area contributed by atoms with Gasteiger partial charge in [-0.05, 0) is 53.9 Å². The van der Waals surface area contributed by atoms with Gasteiger partial charge in [-0.2, -0.15) is 4.72 Å². The van der Waals surface area contributed by atoms with Gasteiger partial charge in [0.1, 0.15) is 11.2 Å². The van der Waals surface area contributed by atoms with Crippen molar-refractivity contribution in [2.24, 2.45) is 5.92 Å². The van der Waals surface area contributed by atoms with Gasteiger partial charge >= 0.3 is 5.97 Å². The lowest BCUT2D eigenvalue weighted by Gasteiger charge is -2.18. The number of halogens is 1. The van der Waals surface area contributed by atoms with Gasteiger partial charge in [-0.3, -0.25) is 9.78 Å². The zero-order valence-corrected chi connectivity index (χ0v) is 22.2. The first-order valence-electron chi connectivity index (χ1n) is 11.4. The first-order valence-corrected chi connectivity index (χ1v) is 14.1. The first kappa shape index (κ1) is 25.3. The Bertz CT molecular complexity index is 1750. The highest BCUT2D eigenvalue weighted by Crippen LogP contribution is 2.39. The Morgan fingerprint density at radius 1 is 0.973 bits per heavy atom. The van der Waals surface area contributed by atoms with Gasteiger partial charge in [0, 0.05) is 43.7 Å². The Hall–Kier alpha value is -3.37. The molecule has 0 saturated carbocycles. The minimum atomic E-state index is -4.02. The lowest BCUT2D eigenvalue weighted by Crippen LogP contribution is -2.44. The molecule has 2 N–H and O–H groups in total. The molecule has 0 aliphatic carbocycles. The molecule has 10 heteroatoms. The van der Waals surface area contributed by atoms with Crippen LogP contribution in [0.3, 0.4) is 0 Å². The third kappa shape index (κ3) is 4.95. The topological polar surface area (TPSA) is 109 Å². The number of thiophene rings is 1. The molecule has 37 heavy (non-hydrogen) atoms. The van der Waals surface area contributed by atoms with Crippen molar-refractivity contribution < 1.29 is 18.3 Å². The number of carboxylic acid groups (broad SMARTS) is 1. The van der Waals surface area contributed by atoms with E-state index in [-0.39, 0.29) is 4.90 Å². The second-order valence-electron chi connectivity index (χ2n) is 8.92. The summed E-state index contributed by atoms with van der Waals surface area (Å²) in [4.78, 5) is 20.3. The average Bonchev–Trinajstić information content (AvgIpc) is 3.24. The molecule has 0 fully saturated rings. The highest BCUT2D eigenvalue weighted by Gasteiger charge is 2.28. The predicted octanol–water partition coefficient (Wildman–Crippen LogP) is 6.22. The minimum absolute atomic E-state index is 0.0310. The van der Waals surface area contributed by atoms with Crippen molar-refractivity contribution in [3.63, 3.8) is 0 Å². The number of aliphatic carboxylic acids is 1. The Morgan fingerprint density at radius 3 is 2.46 bits per heavy atom. The van der Waals surface area contributed by atoms with Crippen LogP contribution in [-0.2, 0) is 14.8 Å². The predicted molar refractivity (Wildman–Crippen MR) is 147 cm³/mol. The summed E-state index contributed by atoms with van der Waals surface area (Å²) in [6.07, 6.45) is 3.42. The van der Waals surface area contributed by atoms with E-state index in [0.29, 0.717) is 5.15 Å². The van der Waals surface area contributed by atoms with Crippen LogP contribution >= 0.6 is 22.9 Å². The lowest BCUT2D eigenvalue weighted by molar-refractivity contribution is -0.140. The monoisotopic (exact) mass is 551 g/mol. The van der Waals surface area contributed by atoms with Crippen molar-refractivity contribution in [1.82, 2.24) is 14.7 Å². The number of sulfonamides is 1. The summed E-state index contributed by atoms with van der Waals surface area (Å²) < 4.78 is 30.0. The molecule has 0 bridgehead atoms. The van der Waals surface area contributed by atoms with E-state index in [9.17, 15) is 18.3 Å². The lowest BCUT2D eigenvalue weighted by atomic mass is 9.99. The van der Waals surface area contributed by atoms with Crippen LogP contribution in [0.2, 0.25) is 5.15 Å². The number of nitrogens with zero attached hydrogens (tertiary/aromatic N) is 2. The summed E-state index contributed by atoms with van der Waals surface area (Å²) in [6, 6.07) is 17.2. The van der Waals surface area contributed by atoms with E-state index in [1.54, 1.807) is 44.4 Å². The summed E-state index contributed by atoms with van der Waals surface area (Å²) in [7, 11) is -4.02. The Kier molecular flexibility index (Phi) is 6.72. The van der Waals surface area contributed by atoms with E-state index in [4.69, 9.17) is 11.6 Å². The first-order chi connectivity index (χ1) is 17.6. The summed E-state index contributed by atoms with van der Waals surface area (Å²) in [6.45, 7) is 3.32. The zero-order valence-electron chi connectivity index (χ0n) is 19.8. The molecule has 1 atom stereocenters. The quantitative estimate of drug-likeness (QED) is 0.232. The fraction of sp³-hybridized carbons (Fsp3) is 0.148. The molecule has 5 rings (SSSR count). The van der Waals surface area contributed by atoms with Crippen LogP contribution < -0.4 is 4.72 Å². The second-order valence-corrected chi connectivity index (χ2v) is 12.1. The van der Waals surface area contributed by atoms with E-state index in [2.05, 4.69) is 20.8 Å². The van der Waals surface area contributed by atoms with Gasteiger partial charge in [0.25, 0.3) is 0 Å². The third-order valence-corrected chi connectivity index (χ3v) is 8.88. The molecular formula is C27H22ClN3O4S2. The number of hydrogen-bond donors (Lipinski definition) is 2. The number of aromatic nitrogens is 2. The number of pyridine rings is 2. The van der Waals surface area contributed by atoms with Crippen LogP contribution in [0.1, 0.15) is 13.8 Å². The summed E-state index contributed by atoms with van der Waals surface area (Å²) >= 11 is 7.44. The molecule has 0 spiro atoms. The summed E-state index contributed by atoms with van der Waals surface area (Å²) in [5, 5.41) is 11.7. The molecule has 0 aliphatic heterocycles. The van der Waals surface area contributed by atoms with E-state index < -0.39 is 28.0 Å². The smallest absolute Gasteiger partial charge is 0.322 e. The molecule has 3 heterocycles. The molecular weight excluding hydrogens is 530 g/mol. The summed E-state index contributed by atoms with van der Waals surface area (Å²) in [5.74, 6) is -1.61. The van der Waals surface area contributed by atoms with Gasteiger partial charge in [0.2, 0.25) is 10.0 Å². The van der Waals surface area contributed by atoms with Crippen LogP contribution in [-0.4, -0.2) is 35.5 Å². The van der Waals surface area contributed by atoms with Crippen LogP contribution in [0, 0.1) is 5.92 Å². The molecule has 3 aromatic heterocycles. The SMILES string of the molecule is CC(C)[C@H](NS(=O)(=O)c1ccc2c(c1)sc1ccc(-c3cccnc3-c3ccc(Cl)nc3)cc12)C(=O)O. The molecule has 5 aromatic rings. The Morgan fingerprint density at radius 2 is 1.76 bits per heavy atom. The van der Waals surface area contributed by atoms with Crippen molar-refractivity contribution >= 4 is 59.1 Å². The van der Waals surface area contributed by atoms with Crippen LogP contribution in [0.15, 0.2) is 78.0 Å². The van der Waals surface area contributed by atoms with Gasteiger partial charge in [-0.25, -0.2) is 13.4 Å². The number of nitrogens with one attached hydrogen (secondary N) is 1. The van der Waals surface area contributed by atoms with Gasteiger partial charge in [-0.1, -0.05) is 43.6 Å². The average molecular weight is 552 g/mol. The van der Waals surface area contributed by atoms with Crippen molar-refractivity contribution in [2.75, 3.05) is 0 Å². The van der Waals surface area contributed by atoms with E-state index in [0.717, 1.165) is 42.6 Å². The Balaban J connectivity index is 1.56. The standard InChI is InChI=1S/C27H22ClN3O4S2/c1-15(2)25(27(32)33)31-37(34,35)18-7-8-20-21-12-16(5-9-22(21)36-23(20)13-18)19-4-3-11-29-26(19)17-6-10-24(28)30-14-17/h3-15,25,31H,1-2H3,(H,32,33)/t25-/m0/s1. The van der Waals surface area contributed by atoms with Crippen molar-refractivity contribution in [3.8, 4) is 22.4 Å². The number of carbonyl (C=O) groups is 1. The van der Waals surface area contributed by atoms with E-state index in [1.807, 2.05) is 30.3 Å².